The Morgan fingerprint density at radius 2 is 2.33 bits per heavy atom. The Morgan fingerprint density at radius 1 is 1.50 bits per heavy atom. The molecule has 0 saturated carbocycles. The fraction of sp³-hybridized carbons (Fsp3) is 0.125. The van der Waals surface area contributed by atoms with Crippen molar-refractivity contribution in [1.29, 1.82) is 0 Å². The van der Waals surface area contributed by atoms with Crippen molar-refractivity contribution in [3.63, 3.8) is 0 Å². The van der Waals surface area contributed by atoms with E-state index >= 15 is 0 Å². The van der Waals surface area contributed by atoms with E-state index in [1.165, 1.54) is 11.8 Å². The lowest BCUT2D eigenvalue weighted by Gasteiger charge is -2.15. The number of anilines is 1. The van der Waals surface area contributed by atoms with Crippen LogP contribution in [0.5, 0.6) is 0 Å². The highest BCUT2D eigenvalue weighted by Gasteiger charge is 2.14. The van der Waals surface area contributed by atoms with E-state index in [-0.39, 0.29) is 5.91 Å². The van der Waals surface area contributed by atoms with Gasteiger partial charge >= 0.3 is 0 Å². The molecule has 1 aliphatic heterocycles. The van der Waals surface area contributed by atoms with Crippen molar-refractivity contribution in [2.24, 2.45) is 0 Å². The SMILES string of the molecule is [NH]c1ccc2c(c1)SCC(=O)N2. The van der Waals surface area contributed by atoms with Gasteiger partial charge in [0, 0.05) is 4.90 Å². The molecule has 2 rings (SSSR count). The number of carbonyl (C=O) groups excluding carboxylic acids is 1. The van der Waals surface area contributed by atoms with E-state index in [9.17, 15) is 4.79 Å². The predicted molar refractivity (Wildman–Crippen MR) is 48.6 cm³/mol. The van der Waals surface area contributed by atoms with Gasteiger partial charge in [0.15, 0.2) is 0 Å². The summed E-state index contributed by atoms with van der Waals surface area (Å²) in [5.74, 6) is 0.487. The lowest BCUT2D eigenvalue weighted by atomic mass is 10.3. The van der Waals surface area contributed by atoms with E-state index in [1.807, 2.05) is 0 Å². The molecule has 4 heteroatoms. The molecule has 2 N–H and O–H groups in total. The first-order valence-corrected chi connectivity index (χ1v) is 4.52. The number of amides is 1. The maximum absolute atomic E-state index is 10.9. The molecule has 0 aliphatic carbocycles. The highest BCUT2D eigenvalue weighted by molar-refractivity contribution is 8.00. The Hall–Kier alpha value is -1.16. The molecular formula is C8H7N2OS. The first kappa shape index (κ1) is 7.49. The number of rotatable bonds is 0. The molecule has 0 spiro atoms. The third-order valence-electron chi connectivity index (χ3n) is 1.61. The third kappa shape index (κ3) is 1.25. The zero-order chi connectivity index (χ0) is 8.55. The molecule has 1 aliphatic rings. The van der Waals surface area contributed by atoms with E-state index in [1.54, 1.807) is 18.2 Å². The van der Waals surface area contributed by atoms with Gasteiger partial charge in [-0.05, 0) is 18.2 Å². The van der Waals surface area contributed by atoms with Gasteiger partial charge in [0.1, 0.15) is 0 Å². The van der Waals surface area contributed by atoms with Gasteiger partial charge in [0.25, 0.3) is 0 Å². The molecule has 0 bridgehead atoms. The van der Waals surface area contributed by atoms with E-state index in [0.29, 0.717) is 11.4 Å². The molecule has 0 saturated heterocycles. The molecule has 1 amide bonds. The average Bonchev–Trinajstić information content (AvgIpc) is 2.05. The Bertz CT molecular complexity index is 338. The highest BCUT2D eigenvalue weighted by atomic mass is 32.2. The molecule has 3 nitrogen and oxygen atoms in total. The summed E-state index contributed by atoms with van der Waals surface area (Å²) < 4.78 is 0. The van der Waals surface area contributed by atoms with Gasteiger partial charge in [-0.2, -0.15) is 0 Å². The summed E-state index contributed by atoms with van der Waals surface area (Å²) in [6, 6.07) is 5.20. The normalized spacial score (nSPS) is 15.2. The average molecular weight is 179 g/mol. The number of carbonyl (C=O) groups is 1. The molecule has 1 heterocycles. The maximum Gasteiger partial charge on any atom is 0.234 e. The van der Waals surface area contributed by atoms with Crippen molar-refractivity contribution in [2.45, 2.75) is 4.90 Å². The molecule has 12 heavy (non-hydrogen) atoms. The minimum atomic E-state index is 0.0326. The molecule has 0 unspecified atom stereocenters. The van der Waals surface area contributed by atoms with Gasteiger partial charge in [-0.3, -0.25) is 4.79 Å². The zero-order valence-electron chi connectivity index (χ0n) is 6.26. The fourth-order valence-corrected chi connectivity index (χ4v) is 1.92. The lowest BCUT2D eigenvalue weighted by Crippen LogP contribution is -2.18. The van der Waals surface area contributed by atoms with E-state index < -0.39 is 0 Å². The number of hydrogen-bond donors (Lipinski definition) is 1. The van der Waals surface area contributed by atoms with Crippen LogP contribution in [-0.2, 0) is 4.79 Å². The van der Waals surface area contributed by atoms with Gasteiger partial charge in [0.05, 0.1) is 17.1 Å². The van der Waals surface area contributed by atoms with E-state index in [2.05, 4.69) is 5.32 Å². The maximum atomic E-state index is 10.9. The van der Waals surface area contributed by atoms with Crippen LogP contribution < -0.4 is 11.1 Å². The van der Waals surface area contributed by atoms with Crippen LogP contribution in [0.3, 0.4) is 0 Å². The van der Waals surface area contributed by atoms with Gasteiger partial charge in [-0.1, -0.05) is 0 Å². The second-order valence-corrected chi connectivity index (χ2v) is 3.56. The van der Waals surface area contributed by atoms with Crippen LogP contribution in [-0.4, -0.2) is 11.7 Å². The molecule has 61 valence electrons. The van der Waals surface area contributed by atoms with Crippen molar-refractivity contribution in [3.05, 3.63) is 18.2 Å². The summed E-state index contributed by atoms with van der Waals surface area (Å²) in [7, 11) is 0. The van der Waals surface area contributed by atoms with Crippen molar-refractivity contribution in [2.75, 3.05) is 11.1 Å². The number of benzene rings is 1. The zero-order valence-corrected chi connectivity index (χ0v) is 7.07. The molecule has 1 aromatic rings. The lowest BCUT2D eigenvalue weighted by molar-refractivity contribution is -0.113. The van der Waals surface area contributed by atoms with Crippen molar-refractivity contribution in [3.8, 4) is 0 Å². The first-order chi connectivity index (χ1) is 5.75. The summed E-state index contributed by atoms with van der Waals surface area (Å²) in [6.07, 6.45) is 0. The molecule has 1 radical (unpaired) electrons. The largest absolute Gasteiger partial charge is 0.324 e. The van der Waals surface area contributed by atoms with Crippen LogP contribution in [0.2, 0.25) is 0 Å². The van der Waals surface area contributed by atoms with Gasteiger partial charge in [0.2, 0.25) is 5.91 Å². The van der Waals surface area contributed by atoms with Crippen LogP contribution in [0.4, 0.5) is 11.4 Å². The summed E-state index contributed by atoms with van der Waals surface area (Å²) >= 11 is 1.48. The van der Waals surface area contributed by atoms with Crippen LogP contribution >= 0.6 is 11.8 Å². The second-order valence-electron chi connectivity index (χ2n) is 2.55. The van der Waals surface area contributed by atoms with Crippen molar-refractivity contribution >= 4 is 29.0 Å². The number of nitrogens with one attached hydrogen (secondary N) is 2. The number of hydrogen-bond acceptors (Lipinski definition) is 2. The Kier molecular flexibility index (Phi) is 1.69. The van der Waals surface area contributed by atoms with Gasteiger partial charge in [-0.15, -0.1) is 11.8 Å². The number of thioether (sulfide) groups is 1. The molecule has 0 atom stereocenters. The Balaban J connectivity index is 2.43. The minimum Gasteiger partial charge on any atom is -0.324 e. The summed E-state index contributed by atoms with van der Waals surface area (Å²) in [6.45, 7) is 0. The van der Waals surface area contributed by atoms with Gasteiger partial charge < -0.3 is 11.1 Å². The van der Waals surface area contributed by atoms with Crippen molar-refractivity contribution < 1.29 is 4.79 Å². The fourth-order valence-electron chi connectivity index (χ4n) is 1.07. The van der Waals surface area contributed by atoms with Crippen LogP contribution in [0.15, 0.2) is 23.1 Å². The van der Waals surface area contributed by atoms with Crippen LogP contribution in [0, 0.1) is 0 Å². The summed E-state index contributed by atoms with van der Waals surface area (Å²) in [5.41, 5.74) is 8.67. The molecule has 0 aromatic heterocycles. The molecule has 0 fully saturated rings. The summed E-state index contributed by atoms with van der Waals surface area (Å²) in [4.78, 5) is 11.9. The van der Waals surface area contributed by atoms with E-state index in [4.69, 9.17) is 5.73 Å². The predicted octanol–water partition coefficient (Wildman–Crippen LogP) is 1.65. The molecular weight excluding hydrogens is 172 g/mol. The monoisotopic (exact) mass is 179 g/mol. The Morgan fingerprint density at radius 3 is 3.17 bits per heavy atom. The molecule has 1 aromatic carbocycles. The number of fused-ring (bicyclic) bond motifs is 1. The highest BCUT2D eigenvalue weighted by Crippen LogP contribution is 2.32. The quantitative estimate of drug-likeness (QED) is 0.658. The van der Waals surface area contributed by atoms with Crippen LogP contribution in [0.25, 0.3) is 0 Å². The minimum absolute atomic E-state index is 0.0326. The standard InChI is InChI=1S/C8H7N2OS/c9-5-1-2-6-7(3-5)12-4-8(11)10-6/h1-3,9H,4H2,(H,10,11). The first-order valence-electron chi connectivity index (χ1n) is 3.54. The second kappa shape index (κ2) is 2.71. The van der Waals surface area contributed by atoms with E-state index in [0.717, 1.165) is 10.6 Å². The summed E-state index contributed by atoms with van der Waals surface area (Å²) in [5, 5.41) is 2.74. The third-order valence-corrected chi connectivity index (χ3v) is 2.67. The van der Waals surface area contributed by atoms with Crippen molar-refractivity contribution in [1.82, 2.24) is 5.73 Å². The topological polar surface area (TPSA) is 52.9 Å². The Labute approximate surface area is 74.3 Å². The van der Waals surface area contributed by atoms with Crippen LogP contribution in [0.1, 0.15) is 0 Å². The van der Waals surface area contributed by atoms with Gasteiger partial charge in [-0.25, -0.2) is 0 Å². The smallest absolute Gasteiger partial charge is 0.234 e.